The number of nitrogens with zero attached hydrogens (tertiary/aromatic N) is 2. The molecule has 1 N–H and O–H groups in total. The number of fused-ring (bicyclic) bond motifs is 1. The summed E-state index contributed by atoms with van der Waals surface area (Å²) < 4.78 is 15.8. The number of carbonyl (C=O) groups excluding carboxylic acids is 1. The highest BCUT2D eigenvalue weighted by atomic mass is 19.1. The van der Waals surface area contributed by atoms with E-state index in [1.54, 1.807) is 0 Å². The molecule has 0 aliphatic rings. The number of nitro benzene ring substituents is 1. The molecular formula is C20H20FN3O3. The van der Waals surface area contributed by atoms with E-state index < -0.39 is 16.4 Å². The largest absolute Gasteiger partial charge is 0.336 e. The second kappa shape index (κ2) is 7.57. The van der Waals surface area contributed by atoms with E-state index in [1.165, 1.54) is 6.07 Å². The third-order valence-corrected chi connectivity index (χ3v) is 4.58. The lowest BCUT2D eigenvalue weighted by Gasteiger charge is -2.12. The van der Waals surface area contributed by atoms with Gasteiger partial charge in [0.25, 0.3) is 5.91 Å². The van der Waals surface area contributed by atoms with Crippen LogP contribution in [0.1, 0.15) is 35.8 Å². The van der Waals surface area contributed by atoms with Gasteiger partial charge in [0.2, 0.25) is 5.82 Å². The van der Waals surface area contributed by atoms with Gasteiger partial charge in [-0.25, -0.2) is 0 Å². The summed E-state index contributed by atoms with van der Waals surface area (Å²) in [6.07, 6.45) is 1.91. The summed E-state index contributed by atoms with van der Waals surface area (Å²) in [5, 5.41) is 14.4. The normalized spacial score (nSPS) is 10.9. The maximum atomic E-state index is 13.8. The number of hydrogen-bond acceptors (Lipinski definition) is 3. The number of carbonyl (C=O) groups is 1. The Hall–Kier alpha value is -3.22. The van der Waals surface area contributed by atoms with Crippen LogP contribution in [0.15, 0.2) is 42.5 Å². The molecule has 7 heteroatoms. The molecule has 27 heavy (non-hydrogen) atoms. The Morgan fingerprint density at radius 2 is 2.00 bits per heavy atom. The molecule has 0 aliphatic carbocycles. The standard InChI is InChI=1S/C20H20FN3O3/c1-3-4-11-23-17-8-6-5-7-15(17)13(2)19(23)20(25)22-14-9-10-18(24(26)27)16(21)12-14/h5-10,12H,3-4,11H2,1-2H3,(H,22,25). The molecule has 0 spiro atoms. The molecule has 1 amide bonds. The van der Waals surface area contributed by atoms with E-state index in [4.69, 9.17) is 0 Å². The summed E-state index contributed by atoms with van der Waals surface area (Å²) in [5.41, 5.74) is 1.89. The SMILES string of the molecule is CCCCn1c(C(=O)Nc2ccc([N+](=O)[O-])c(F)c2)c(C)c2ccccc21. The Bertz CT molecular complexity index is 1030. The van der Waals surface area contributed by atoms with Crippen LogP contribution in [0, 0.1) is 22.9 Å². The predicted octanol–water partition coefficient (Wildman–Crippen LogP) is 5.05. The molecule has 1 heterocycles. The summed E-state index contributed by atoms with van der Waals surface area (Å²) in [7, 11) is 0. The molecule has 0 saturated heterocycles. The maximum Gasteiger partial charge on any atom is 0.304 e. The fourth-order valence-electron chi connectivity index (χ4n) is 3.24. The van der Waals surface area contributed by atoms with Crippen molar-refractivity contribution in [1.82, 2.24) is 4.57 Å². The van der Waals surface area contributed by atoms with Crippen LogP contribution in [-0.4, -0.2) is 15.4 Å². The zero-order valence-corrected chi connectivity index (χ0v) is 15.2. The van der Waals surface area contributed by atoms with Crippen molar-refractivity contribution >= 4 is 28.2 Å². The number of unbranched alkanes of at least 4 members (excludes halogenated alkanes) is 1. The van der Waals surface area contributed by atoms with Crippen molar-refractivity contribution in [2.24, 2.45) is 0 Å². The van der Waals surface area contributed by atoms with Gasteiger partial charge < -0.3 is 9.88 Å². The van der Waals surface area contributed by atoms with Gasteiger partial charge in [0.15, 0.2) is 0 Å². The second-order valence-electron chi connectivity index (χ2n) is 6.37. The van der Waals surface area contributed by atoms with Crippen molar-refractivity contribution < 1.29 is 14.1 Å². The molecule has 3 aromatic rings. The molecule has 2 aromatic carbocycles. The molecule has 0 saturated carbocycles. The van der Waals surface area contributed by atoms with Gasteiger partial charge in [0.1, 0.15) is 5.69 Å². The number of para-hydroxylation sites is 1. The molecular weight excluding hydrogens is 349 g/mol. The monoisotopic (exact) mass is 369 g/mol. The van der Waals surface area contributed by atoms with Crippen LogP contribution in [0.4, 0.5) is 15.8 Å². The van der Waals surface area contributed by atoms with Crippen molar-refractivity contribution in [3.8, 4) is 0 Å². The molecule has 0 radical (unpaired) electrons. The summed E-state index contributed by atoms with van der Waals surface area (Å²) in [6, 6.07) is 11.1. The molecule has 0 fully saturated rings. The first-order valence-corrected chi connectivity index (χ1v) is 8.77. The van der Waals surface area contributed by atoms with E-state index in [-0.39, 0.29) is 11.6 Å². The lowest BCUT2D eigenvalue weighted by atomic mass is 10.1. The number of anilines is 1. The van der Waals surface area contributed by atoms with E-state index >= 15 is 0 Å². The van der Waals surface area contributed by atoms with Crippen molar-refractivity contribution in [2.75, 3.05) is 5.32 Å². The van der Waals surface area contributed by atoms with Crippen LogP contribution < -0.4 is 5.32 Å². The average Bonchev–Trinajstić information content (AvgIpc) is 2.92. The number of rotatable bonds is 6. The molecule has 140 valence electrons. The van der Waals surface area contributed by atoms with Crippen molar-refractivity contribution in [3.05, 3.63) is 69.7 Å². The molecule has 0 atom stereocenters. The van der Waals surface area contributed by atoms with Gasteiger partial charge in [-0.05, 0) is 31.0 Å². The summed E-state index contributed by atoms with van der Waals surface area (Å²) >= 11 is 0. The Morgan fingerprint density at radius 1 is 1.26 bits per heavy atom. The lowest BCUT2D eigenvalue weighted by Crippen LogP contribution is -2.18. The minimum absolute atomic E-state index is 0.176. The van der Waals surface area contributed by atoms with E-state index in [1.807, 2.05) is 35.8 Å². The molecule has 0 unspecified atom stereocenters. The smallest absolute Gasteiger partial charge is 0.304 e. The average molecular weight is 369 g/mol. The number of halogens is 1. The van der Waals surface area contributed by atoms with Crippen molar-refractivity contribution in [3.63, 3.8) is 0 Å². The molecule has 0 bridgehead atoms. The van der Waals surface area contributed by atoms with Crippen molar-refractivity contribution in [2.45, 2.75) is 33.2 Å². The van der Waals surface area contributed by atoms with Gasteiger partial charge in [-0.1, -0.05) is 31.5 Å². The highest BCUT2D eigenvalue weighted by Gasteiger charge is 2.21. The minimum atomic E-state index is -0.985. The first kappa shape index (κ1) is 18.6. The van der Waals surface area contributed by atoms with E-state index in [2.05, 4.69) is 12.2 Å². The highest BCUT2D eigenvalue weighted by molar-refractivity contribution is 6.08. The van der Waals surface area contributed by atoms with Crippen LogP contribution >= 0.6 is 0 Å². The Morgan fingerprint density at radius 3 is 2.67 bits per heavy atom. The summed E-state index contributed by atoms with van der Waals surface area (Å²) in [5.74, 6) is -1.35. The Balaban J connectivity index is 1.99. The molecule has 3 rings (SSSR count). The quantitative estimate of drug-likeness (QED) is 0.488. The van der Waals surface area contributed by atoms with Gasteiger partial charge in [-0.15, -0.1) is 0 Å². The fourth-order valence-corrected chi connectivity index (χ4v) is 3.24. The third-order valence-electron chi connectivity index (χ3n) is 4.58. The maximum absolute atomic E-state index is 13.8. The Kier molecular flexibility index (Phi) is 5.21. The van der Waals surface area contributed by atoms with Gasteiger partial charge in [-0.2, -0.15) is 4.39 Å². The number of amides is 1. The predicted molar refractivity (Wildman–Crippen MR) is 103 cm³/mol. The first-order valence-electron chi connectivity index (χ1n) is 8.77. The van der Waals surface area contributed by atoms with Gasteiger partial charge >= 0.3 is 5.69 Å². The number of hydrogen-bond donors (Lipinski definition) is 1. The number of benzene rings is 2. The van der Waals surface area contributed by atoms with E-state index in [9.17, 15) is 19.3 Å². The lowest BCUT2D eigenvalue weighted by molar-refractivity contribution is -0.387. The number of aryl methyl sites for hydroxylation is 2. The van der Waals surface area contributed by atoms with E-state index in [0.29, 0.717) is 12.2 Å². The fraction of sp³-hybridized carbons (Fsp3) is 0.250. The van der Waals surface area contributed by atoms with E-state index in [0.717, 1.165) is 41.4 Å². The summed E-state index contributed by atoms with van der Waals surface area (Å²) in [6.45, 7) is 4.66. The van der Waals surface area contributed by atoms with Crippen LogP contribution in [0.25, 0.3) is 10.9 Å². The number of aromatic nitrogens is 1. The molecule has 0 aliphatic heterocycles. The zero-order valence-electron chi connectivity index (χ0n) is 15.2. The van der Waals surface area contributed by atoms with Crippen LogP contribution in [0.2, 0.25) is 0 Å². The topological polar surface area (TPSA) is 77.2 Å². The van der Waals surface area contributed by atoms with Gasteiger partial charge in [0, 0.05) is 35.3 Å². The number of nitro groups is 1. The van der Waals surface area contributed by atoms with Crippen LogP contribution in [-0.2, 0) is 6.54 Å². The highest BCUT2D eigenvalue weighted by Crippen LogP contribution is 2.27. The third kappa shape index (κ3) is 3.53. The summed E-state index contributed by atoms with van der Waals surface area (Å²) in [4.78, 5) is 22.9. The first-order chi connectivity index (χ1) is 12.9. The Labute approximate surface area is 155 Å². The van der Waals surface area contributed by atoms with Crippen LogP contribution in [0.3, 0.4) is 0 Å². The number of nitrogens with one attached hydrogen (secondary N) is 1. The van der Waals surface area contributed by atoms with Gasteiger partial charge in [-0.3, -0.25) is 14.9 Å². The van der Waals surface area contributed by atoms with Crippen molar-refractivity contribution in [1.29, 1.82) is 0 Å². The molecule has 6 nitrogen and oxygen atoms in total. The molecule has 1 aromatic heterocycles. The zero-order chi connectivity index (χ0) is 19.6. The van der Waals surface area contributed by atoms with Crippen LogP contribution in [0.5, 0.6) is 0 Å². The minimum Gasteiger partial charge on any atom is -0.336 e. The van der Waals surface area contributed by atoms with Gasteiger partial charge in [0.05, 0.1) is 4.92 Å². The second-order valence-corrected chi connectivity index (χ2v) is 6.37.